The number of urea groups is 1. The molecule has 0 unspecified atom stereocenters. The van der Waals surface area contributed by atoms with E-state index in [0.717, 1.165) is 5.56 Å². The van der Waals surface area contributed by atoms with Gasteiger partial charge in [0.25, 0.3) is 0 Å². The molecule has 0 atom stereocenters. The largest absolute Gasteiger partial charge is 0.322 e. The van der Waals surface area contributed by atoms with Gasteiger partial charge in [-0.25, -0.2) is 13.2 Å². The molecule has 0 aromatic carbocycles. The van der Waals surface area contributed by atoms with Gasteiger partial charge in [-0.1, -0.05) is 0 Å². The van der Waals surface area contributed by atoms with Crippen LogP contribution in [0.4, 0.5) is 10.5 Å². The smallest absolute Gasteiger partial charge is 0.321 e. The predicted octanol–water partition coefficient (Wildman–Crippen LogP) is 1.99. The fourth-order valence-corrected chi connectivity index (χ4v) is 4.91. The molecule has 0 spiro atoms. The summed E-state index contributed by atoms with van der Waals surface area (Å²) in [7, 11) is -3.46. The number of hydrogen-bond acceptors (Lipinski definition) is 5. The van der Waals surface area contributed by atoms with Crippen molar-refractivity contribution < 1.29 is 13.2 Å². The Morgan fingerprint density at radius 2 is 2.00 bits per heavy atom. The van der Waals surface area contributed by atoms with E-state index in [4.69, 9.17) is 0 Å². The first-order valence-electron chi connectivity index (χ1n) is 7.47. The van der Waals surface area contributed by atoms with E-state index in [9.17, 15) is 13.2 Å². The molecule has 2 aromatic heterocycles. The Bertz CT molecular complexity index is 813. The van der Waals surface area contributed by atoms with Crippen LogP contribution < -0.4 is 5.32 Å². The highest BCUT2D eigenvalue weighted by Crippen LogP contribution is 2.20. The Hall–Kier alpha value is -1.97. The second kappa shape index (κ2) is 6.88. The van der Waals surface area contributed by atoms with Crippen molar-refractivity contribution in [1.82, 2.24) is 14.2 Å². The van der Waals surface area contributed by atoms with E-state index in [1.807, 2.05) is 13.0 Å². The SMILES string of the molecule is Cc1ccncc1NC(=O)N1CCN(S(=O)(=O)c2ccsc2)CC1. The van der Waals surface area contributed by atoms with Crippen LogP contribution in [0.1, 0.15) is 5.56 Å². The molecule has 128 valence electrons. The Morgan fingerprint density at radius 1 is 1.25 bits per heavy atom. The van der Waals surface area contributed by atoms with Crippen molar-refractivity contribution >= 4 is 33.1 Å². The van der Waals surface area contributed by atoms with Gasteiger partial charge >= 0.3 is 6.03 Å². The van der Waals surface area contributed by atoms with Crippen molar-refractivity contribution in [2.75, 3.05) is 31.5 Å². The lowest BCUT2D eigenvalue weighted by Gasteiger charge is -2.33. The average molecular weight is 366 g/mol. The van der Waals surface area contributed by atoms with E-state index >= 15 is 0 Å². The number of thiophene rings is 1. The van der Waals surface area contributed by atoms with Crippen LogP contribution in [0, 0.1) is 6.92 Å². The molecule has 1 aliphatic heterocycles. The number of rotatable bonds is 3. The third kappa shape index (κ3) is 3.42. The van der Waals surface area contributed by atoms with E-state index in [0.29, 0.717) is 23.7 Å². The summed E-state index contributed by atoms with van der Waals surface area (Å²) in [5.74, 6) is 0. The zero-order valence-corrected chi connectivity index (χ0v) is 14.8. The second-order valence-corrected chi connectivity index (χ2v) is 8.19. The molecular weight excluding hydrogens is 348 g/mol. The van der Waals surface area contributed by atoms with E-state index in [1.165, 1.54) is 15.6 Å². The van der Waals surface area contributed by atoms with Gasteiger partial charge in [-0.2, -0.15) is 15.6 Å². The predicted molar refractivity (Wildman–Crippen MR) is 92.6 cm³/mol. The molecule has 1 N–H and O–H groups in total. The maximum absolute atomic E-state index is 12.5. The van der Waals surface area contributed by atoms with Crippen molar-refractivity contribution in [3.05, 3.63) is 40.8 Å². The van der Waals surface area contributed by atoms with Crippen molar-refractivity contribution in [3.63, 3.8) is 0 Å². The van der Waals surface area contributed by atoms with Gasteiger partial charge < -0.3 is 10.2 Å². The number of aromatic nitrogens is 1. The molecule has 3 rings (SSSR count). The second-order valence-electron chi connectivity index (χ2n) is 5.47. The van der Waals surface area contributed by atoms with Crippen LogP contribution in [0.3, 0.4) is 0 Å². The minimum atomic E-state index is -3.46. The van der Waals surface area contributed by atoms with Gasteiger partial charge in [0, 0.05) is 37.8 Å². The quantitative estimate of drug-likeness (QED) is 0.901. The van der Waals surface area contributed by atoms with E-state index in [-0.39, 0.29) is 19.1 Å². The third-order valence-electron chi connectivity index (χ3n) is 3.94. The summed E-state index contributed by atoms with van der Waals surface area (Å²) in [6.45, 7) is 3.18. The molecule has 1 fully saturated rings. The monoisotopic (exact) mass is 366 g/mol. The molecule has 3 heterocycles. The third-order valence-corrected chi connectivity index (χ3v) is 6.67. The van der Waals surface area contributed by atoms with Crippen LogP contribution in [0.5, 0.6) is 0 Å². The lowest BCUT2D eigenvalue weighted by atomic mass is 10.2. The number of nitrogens with one attached hydrogen (secondary N) is 1. The molecule has 0 aliphatic carbocycles. The lowest BCUT2D eigenvalue weighted by molar-refractivity contribution is 0.184. The van der Waals surface area contributed by atoms with Gasteiger partial charge in [-0.3, -0.25) is 4.98 Å². The number of carbonyl (C=O) groups excluding carboxylic acids is 1. The minimum absolute atomic E-state index is 0.237. The van der Waals surface area contributed by atoms with E-state index in [2.05, 4.69) is 10.3 Å². The Labute approximate surface area is 145 Å². The summed E-state index contributed by atoms with van der Waals surface area (Å²) in [4.78, 5) is 18.3. The number of sulfonamides is 1. The van der Waals surface area contributed by atoms with E-state index < -0.39 is 10.0 Å². The number of carbonyl (C=O) groups is 1. The summed E-state index contributed by atoms with van der Waals surface area (Å²) < 4.78 is 26.4. The molecule has 7 nitrogen and oxygen atoms in total. The van der Waals surface area contributed by atoms with Crippen molar-refractivity contribution in [3.8, 4) is 0 Å². The highest BCUT2D eigenvalue weighted by Gasteiger charge is 2.30. The standard InChI is InChI=1S/C15H18N4O3S2/c1-12-2-4-16-10-14(12)17-15(20)18-5-7-19(8-6-18)24(21,22)13-3-9-23-11-13/h2-4,9-11H,5-8H2,1H3,(H,17,20). The summed E-state index contributed by atoms with van der Waals surface area (Å²) in [5.41, 5.74) is 1.59. The van der Waals surface area contributed by atoms with Crippen molar-refractivity contribution in [2.24, 2.45) is 0 Å². The van der Waals surface area contributed by atoms with Gasteiger partial charge in [0.1, 0.15) is 0 Å². The number of piperazine rings is 1. The summed E-state index contributed by atoms with van der Waals surface area (Å²) in [5, 5.41) is 6.19. The molecule has 0 saturated carbocycles. The first kappa shape index (κ1) is 16.9. The summed E-state index contributed by atoms with van der Waals surface area (Å²) in [6.07, 6.45) is 3.27. The molecule has 1 saturated heterocycles. The highest BCUT2D eigenvalue weighted by molar-refractivity contribution is 7.89. The molecule has 24 heavy (non-hydrogen) atoms. The topological polar surface area (TPSA) is 82.6 Å². The van der Waals surface area contributed by atoms with Crippen LogP contribution in [0.25, 0.3) is 0 Å². The van der Waals surface area contributed by atoms with Gasteiger partial charge in [-0.15, -0.1) is 0 Å². The number of pyridine rings is 1. The lowest BCUT2D eigenvalue weighted by Crippen LogP contribution is -2.51. The Morgan fingerprint density at radius 3 is 2.62 bits per heavy atom. The maximum Gasteiger partial charge on any atom is 0.321 e. The van der Waals surface area contributed by atoms with Crippen molar-refractivity contribution in [1.29, 1.82) is 0 Å². The molecule has 0 bridgehead atoms. The number of nitrogens with zero attached hydrogens (tertiary/aromatic N) is 3. The maximum atomic E-state index is 12.5. The van der Waals surface area contributed by atoms with Crippen LogP contribution in [-0.2, 0) is 10.0 Å². The highest BCUT2D eigenvalue weighted by atomic mass is 32.2. The van der Waals surface area contributed by atoms with Crippen LogP contribution in [0.15, 0.2) is 40.2 Å². The molecule has 9 heteroatoms. The Kier molecular flexibility index (Phi) is 4.83. The first-order chi connectivity index (χ1) is 11.5. The van der Waals surface area contributed by atoms with Gasteiger partial charge in [0.2, 0.25) is 10.0 Å². The number of hydrogen-bond donors (Lipinski definition) is 1. The summed E-state index contributed by atoms with van der Waals surface area (Å²) >= 11 is 1.35. The first-order valence-corrected chi connectivity index (χ1v) is 9.85. The molecular formula is C15H18N4O3S2. The molecule has 2 aromatic rings. The van der Waals surface area contributed by atoms with Gasteiger partial charge in [0.15, 0.2) is 0 Å². The zero-order valence-electron chi connectivity index (χ0n) is 13.2. The van der Waals surface area contributed by atoms with Gasteiger partial charge in [0.05, 0.1) is 16.8 Å². The zero-order chi connectivity index (χ0) is 17.2. The van der Waals surface area contributed by atoms with Gasteiger partial charge in [-0.05, 0) is 30.0 Å². The van der Waals surface area contributed by atoms with Crippen LogP contribution in [0.2, 0.25) is 0 Å². The van der Waals surface area contributed by atoms with Crippen LogP contribution >= 0.6 is 11.3 Å². The fraction of sp³-hybridized carbons (Fsp3) is 0.333. The van der Waals surface area contributed by atoms with Crippen LogP contribution in [-0.4, -0.2) is 54.8 Å². The summed E-state index contributed by atoms with van der Waals surface area (Å²) in [6, 6.07) is 3.18. The number of anilines is 1. The number of aryl methyl sites for hydroxylation is 1. The molecule has 0 radical (unpaired) electrons. The Balaban J connectivity index is 1.61. The average Bonchev–Trinajstić information content (AvgIpc) is 3.12. The molecule has 2 amide bonds. The molecule has 1 aliphatic rings. The normalized spacial score (nSPS) is 16.1. The minimum Gasteiger partial charge on any atom is -0.322 e. The van der Waals surface area contributed by atoms with E-state index in [1.54, 1.807) is 34.1 Å². The van der Waals surface area contributed by atoms with Crippen molar-refractivity contribution in [2.45, 2.75) is 11.8 Å². The fourth-order valence-electron chi connectivity index (χ4n) is 2.47. The number of amides is 2.